The lowest BCUT2D eigenvalue weighted by molar-refractivity contribution is 0.101. The molecule has 3 aromatic carbocycles. The van der Waals surface area contributed by atoms with E-state index < -0.39 is 5.91 Å². The van der Waals surface area contributed by atoms with Gasteiger partial charge in [0.25, 0.3) is 5.91 Å². The van der Waals surface area contributed by atoms with E-state index in [1.807, 2.05) is 74.5 Å². The van der Waals surface area contributed by atoms with Crippen LogP contribution in [0.2, 0.25) is 0 Å². The van der Waals surface area contributed by atoms with Crippen molar-refractivity contribution < 1.29 is 9.53 Å². The van der Waals surface area contributed by atoms with Crippen LogP contribution in [0.4, 0.5) is 5.69 Å². The van der Waals surface area contributed by atoms with Crippen LogP contribution in [0.1, 0.15) is 21.7 Å². The minimum Gasteiger partial charge on any atom is -0.495 e. The molecule has 1 amide bonds. The van der Waals surface area contributed by atoms with E-state index in [1.165, 1.54) is 0 Å². The Labute approximate surface area is 175 Å². The number of para-hydroxylation sites is 2. The zero-order chi connectivity index (χ0) is 21.1. The number of nitrogens with zero attached hydrogens (tertiary/aromatic N) is 3. The molecule has 6 heteroatoms. The van der Waals surface area contributed by atoms with Gasteiger partial charge >= 0.3 is 0 Å². The molecule has 0 unspecified atom stereocenters. The molecule has 30 heavy (non-hydrogen) atoms. The number of hydrogen-bond donors (Lipinski definition) is 1. The van der Waals surface area contributed by atoms with Gasteiger partial charge in [-0.05, 0) is 44.2 Å². The first-order chi connectivity index (χ1) is 14.5. The van der Waals surface area contributed by atoms with Crippen LogP contribution in [-0.4, -0.2) is 27.8 Å². The second-order valence-electron chi connectivity index (χ2n) is 7.03. The van der Waals surface area contributed by atoms with Crippen LogP contribution in [0.25, 0.3) is 17.1 Å². The van der Waals surface area contributed by atoms with Gasteiger partial charge in [-0.25, -0.2) is 9.67 Å². The summed E-state index contributed by atoms with van der Waals surface area (Å²) in [7, 11) is 1.56. The molecular formula is C24H22N4O2. The largest absolute Gasteiger partial charge is 0.495 e. The van der Waals surface area contributed by atoms with Crippen LogP contribution in [0.3, 0.4) is 0 Å². The standard InChI is InChI=1S/C24H22N4O2/c1-16-11-13-19(14-12-16)28-23(18-8-6-7-17(2)15-18)26-22(27-28)24(29)25-20-9-4-5-10-21(20)30-3/h4-15H,1-3H3,(H,25,29). The van der Waals surface area contributed by atoms with E-state index in [4.69, 9.17) is 4.74 Å². The molecular weight excluding hydrogens is 376 g/mol. The molecule has 0 saturated heterocycles. The van der Waals surface area contributed by atoms with Crippen molar-refractivity contribution in [3.8, 4) is 22.8 Å². The lowest BCUT2D eigenvalue weighted by Gasteiger charge is -2.08. The third-order valence-electron chi connectivity index (χ3n) is 4.72. The topological polar surface area (TPSA) is 69.0 Å². The van der Waals surface area contributed by atoms with Crippen LogP contribution >= 0.6 is 0 Å². The maximum absolute atomic E-state index is 12.9. The van der Waals surface area contributed by atoms with E-state index in [9.17, 15) is 4.79 Å². The fourth-order valence-corrected chi connectivity index (χ4v) is 3.17. The van der Waals surface area contributed by atoms with Crippen molar-refractivity contribution in [1.29, 1.82) is 0 Å². The number of carbonyl (C=O) groups excluding carboxylic acids is 1. The first-order valence-electron chi connectivity index (χ1n) is 9.60. The molecule has 0 bridgehead atoms. The molecule has 1 heterocycles. The Morgan fingerprint density at radius 3 is 2.43 bits per heavy atom. The normalized spacial score (nSPS) is 10.6. The van der Waals surface area contributed by atoms with Crippen molar-refractivity contribution in [1.82, 2.24) is 14.8 Å². The summed E-state index contributed by atoms with van der Waals surface area (Å²) in [5.41, 5.74) is 4.53. The summed E-state index contributed by atoms with van der Waals surface area (Å²) < 4.78 is 7.01. The van der Waals surface area contributed by atoms with Gasteiger partial charge in [0, 0.05) is 5.56 Å². The molecule has 0 fully saturated rings. The lowest BCUT2D eigenvalue weighted by atomic mass is 10.1. The molecule has 0 radical (unpaired) electrons. The van der Waals surface area contributed by atoms with Gasteiger partial charge < -0.3 is 10.1 Å². The Hall–Kier alpha value is -3.93. The maximum Gasteiger partial charge on any atom is 0.295 e. The Morgan fingerprint density at radius 2 is 1.70 bits per heavy atom. The van der Waals surface area contributed by atoms with Gasteiger partial charge in [-0.1, -0.05) is 53.6 Å². The number of amides is 1. The highest BCUT2D eigenvalue weighted by Gasteiger charge is 2.20. The fraction of sp³-hybridized carbons (Fsp3) is 0.125. The van der Waals surface area contributed by atoms with Gasteiger partial charge in [-0.3, -0.25) is 4.79 Å². The van der Waals surface area contributed by atoms with Gasteiger partial charge in [-0.2, -0.15) is 0 Å². The number of hydrogen-bond acceptors (Lipinski definition) is 4. The number of benzene rings is 3. The van der Waals surface area contributed by atoms with E-state index in [0.29, 0.717) is 17.3 Å². The first-order valence-corrected chi connectivity index (χ1v) is 9.60. The van der Waals surface area contributed by atoms with E-state index in [1.54, 1.807) is 23.9 Å². The average Bonchev–Trinajstić information content (AvgIpc) is 3.20. The van der Waals surface area contributed by atoms with Crippen molar-refractivity contribution in [3.05, 3.63) is 89.7 Å². The van der Waals surface area contributed by atoms with Crippen LogP contribution < -0.4 is 10.1 Å². The van der Waals surface area contributed by atoms with Gasteiger partial charge in [0.15, 0.2) is 5.82 Å². The number of carbonyl (C=O) groups is 1. The number of rotatable bonds is 5. The molecule has 150 valence electrons. The van der Waals surface area contributed by atoms with Crippen LogP contribution in [0.15, 0.2) is 72.8 Å². The average molecular weight is 398 g/mol. The first kappa shape index (κ1) is 19.4. The highest BCUT2D eigenvalue weighted by atomic mass is 16.5. The Morgan fingerprint density at radius 1 is 0.933 bits per heavy atom. The summed E-state index contributed by atoms with van der Waals surface area (Å²) in [6.45, 7) is 4.05. The second-order valence-corrected chi connectivity index (χ2v) is 7.03. The van der Waals surface area contributed by atoms with Crippen LogP contribution in [-0.2, 0) is 0 Å². The third kappa shape index (κ3) is 3.93. The van der Waals surface area contributed by atoms with Crippen LogP contribution in [0, 0.1) is 13.8 Å². The summed E-state index contributed by atoms with van der Waals surface area (Å²) >= 11 is 0. The SMILES string of the molecule is COc1ccccc1NC(=O)c1nc(-c2cccc(C)c2)n(-c2ccc(C)cc2)n1. The Kier molecular flexibility index (Phi) is 5.30. The molecule has 0 atom stereocenters. The zero-order valence-electron chi connectivity index (χ0n) is 17.1. The molecule has 6 nitrogen and oxygen atoms in total. The smallest absolute Gasteiger partial charge is 0.295 e. The molecule has 0 aliphatic carbocycles. The predicted octanol–water partition coefficient (Wildman–Crippen LogP) is 4.81. The zero-order valence-corrected chi connectivity index (χ0v) is 17.1. The molecule has 1 aromatic heterocycles. The van der Waals surface area contributed by atoms with Crippen molar-refractivity contribution in [2.24, 2.45) is 0 Å². The third-order valence-corrected chi connectivity index (χ3v) is 4.72. The molecule has 0 aliphatic rings. The van der Waals surface area contributed by atoms with Gasteiger partial charge in [0.05, 0.1) is 18.5 Å². The highest BCUT2D eigenvalue weighted by molar-refractivity contribution is 6.02. The molecule has 1 N–H and O–H groups in total. The number of methoxy groups -OCH3 is 1. The maximum atomic E-state index is 12.9. The monoisotopic (exact) mass is 398 g/mol. The summed E-state index contributed by atoms with van der Waals surface area (Å²) in [5, 5.41) is 7.36. The van der Waals surface area contributed by atoms with Crippen molar-refractivity contribution in [3.63, 3.8) is 0 Å². The van der Waals surface area contributed by atoms with E-state index in [-0.39, 0.29) is 5.82 Å². The molecule has 0 spiro atoms. The number of anilines is 1. The summed E-state index contributed by atoms with van der Waals surface area (Å²) in [4.78, 5) is 17.5. The fourth-order valence-electron chi connectivity index (χ4n) is 3.17. The number of aromatic nitrogens is 3. The van der Waals surface area contributed by atoms with Crippen molar-refractivity contribution in [2.45, 2.75) is 13.8 Å². The number of nitrogens with one attached hydrogen (secondary N) is 1. The summed E-state index contributed by atoms with van der Waals surface area (Å²) in [5.74, 6) is 0.854. The Balaban J connectivity index is 1.76. The Bertz CT molecular complexity index is 1200. The molecule has 0 saturated carbocycles. The predicted molar refractivity (Wildman–Crippen MR) is 117 cm³/mol. The summed E-state index contributed by atoms with van der Waals surface area (Å²) in [6.07, 6.45) is 0. The van der Waals surface area contributed by atoms with Crippen molar-refractivity contribution in [2.75, 3.05) is 12.4 Å². The second kappa shape index (κ2) is 8.21. The molecule has 0 aliphatic heterocycles. The number of ether oxygens (including phenoxy) is 1. The number of aryl methyl sites for hydroxylation is 2. The van der Waals surface area contributed by atoms with Crippen molar-refractivity contribution >= 4 is 11.6 Å². The van der Waals surface area contributed by atoms with E-state index >= 15 is 0 Å². The van der Waals surface area contributed by atoms with Gasteiger partial charge in [0.1, 0.15) is 5.75 Å². The molecule has 4 rings (SSSR count). The summed E-state index contributed by atoms with van der Waals surface area (Å²) in [6, 6.07) is 23.1. The highest BCUT2D eigenvalue weighted by Crippen LogP contribution is 2.25. The lowest BCUT2D eigenvalue weighted by Crippen LogP contribution is -2.15. The minimum atomic E-state index is -0.403. The van der Waals surface area contributed by atoms with Gasteiger partial charge in [0.2, 0.25) is 5.82 Å². The van der Waals surface area contributed by atoms with E-state index in [0.717, 1.165) is 22.4 Å². The van der Waals surface area contributed by atoms with E-state index in [2.05, 4.69) is 15.4 Å². The minimum absolute atomic E-state index is 0.0815. The molecule has 4 aromatic rings. The van der Waals surface area contributed by atoms with Gasteiger partial charge in [-0.15, -0.1) is 5.10 Å². The van der Waals surface area contributed by atoms with Crippen LogP contribution in [0.5, 0.6) is 5.75 Å². The quantitative estimate of drug-likeness (QED) is 0.524.